The Bertz CT molecular complexity index is 595. The topological polar surface area (TPSA) is 54.2 Å². The predicted octanol–water partition coefficient (Wildman–Crippen LogP) is 3.47. The lowest BCUT2D eigenvalue weighted by molar-refractivity contribution is 0.285. The summed E-state index contributed by atoms with van der Waals surface area (Å²) in [6, 6.07) is 1.97. The number of fused-ring (bicyclic) bond motifs is 1. The first-order chi connectivity index (χ1) is 10.1. The van der Waals surface area contributed by atoms with E-state index in [1.165, 1.54) is 0 Å². The summed E-state index contributed by atoms with van der Waals surface area (Å²) in [6.07, 6.45) is 3.60. The van der Waals surface area contributed by atoms with E-state index in [9.17, 15) is 5.11 Å². The van der Waals surface area contributed by atoms with Gasteiger partial charge in [-0.05, 0) is 45.5 Å². The molecule has 0 saturated heterocycles. The molecule has 2 aromatic rings. The van der Waals surface area contributed by atoms with E-state index in [0.29, 0.717) is 10.7 Å². The van der Waals surface area contributed by atoms with Crippen LogP contribution < -0.4 is 0 Å². The molecule has 0 aliphatic carbocycles. The van der Waals surface area contributed by atoms with E-state index in [0.717, 1.165) is 38.0 Å². The first-order valence-electron chi connectivity index (χ1n) is 7.51. The number of hydrogen-bond donors (Lipinski definition) is 1. The second-order valence-electron chi connectivity index (χ2n) is 5.30. The van der Waals surface area contributed by atoms with E-state index in [4.69, 9.17) is 11.6 Å². The zero-order chi connectivity index (χ0) is 15.4. The Balaban J connectivity index is 2.10. The largest absolute Gasteiger partial charge is 0.480 e. The fraction of sp³-hybridized carbons (Fsp3) is 0.600. The molecule has 0 aliphatic heterocycles. The minimum absolute atomic E-state index is 0.00936. The second kappa shape index (κ2) is 7.09. The predicted molar refractivity (Wildman–Crippen MR) is 85.9 cm³/mol. The molecular formula is C15H23ClN4O. The highest BCUT2D eigenvalue weighted by atomic mass is 35.5. The van der Waals surface area contributed by atoms with Crippen molar-refractivity contribution in [2.75, 3.05) is 19.6 Å². The minimum Gasteiger partial charge on any atom is -0.480 e. The quantitative estimate of drug-likeness (QED) is 0.850. The molecule has 0 radical (unpaired) electrons. The maximum absolute atomic E-state index is 10.1. The average Bonchev–Trinajstić information content (AvgIpc) is 2.78. The second-order valence-corrected chi connectivity index (χ2v) is 5.73. The van der Waals surface area contributed by atoms with Gasteiger partial charge in [0.15, 0.2) is 5.65 Å². The summed E-state index contributed by atoms with van der Waals surface area (Å²) in [7, 11) is 0. The summed E-state index contributed by atoms with van der Waals surface area (Å²) in [5.74, 6) is 0. The van der Waals surface area contributed by atoms with Crippen LogP contribution in [0.4, 0.5) is 0 Å². The first kappa shape index (κ1) is 16.0. The highest BCUT2D eigenvalue weighted by molar-refractivity contribution is 6.31. The van der Waals surface area contributed by atoms with Gasteiger partial charge in [-0.25, -0.2) is 4.98 Å². The van der Waals surface area contributed by atoms with Gasteiger partial charge in [0.25, 0.3) is 6.01 Å². The van der Waals surface area contributed by atoms with Crippen LogP contribution in [-0.2, 0) is 0 Å². The number of rotatable bonds is 7. The van der Waals surface area contributed by atoms with Gasteiger partial charge in [0, 0.05) is 12.2 Å². The zero-order valence-electron chi connectivity index (χ0n) is 12.9. The van der Waals surface area contributed by atoms with E-state index >= 15 is 0 Å². The summed E-state index contributed by atoms with van der Waals surface area (Å²) in [6.45, 7) is 9.66. The van der Waals surface area contributed by atoms with Gasteiger partial charge in [0.1, 0.15) is 0 Å². The van der Waals surface area contributed by atoms with Crippen LogP contribution in [0.15, 0.2) is 12.3 Å². The van der Waals surface area contributed by atoms with Crippen LogP contribution >= 0.6 is 11.6 Å². The zero-order valence-corrected chi connectivity index (χ0v) is 13.6. The third-order valence-electron chi connectivity index (χ3n) is 3.93. The van der Waals surface area contributed by atoms with E-state index in [1.807, 2.05) is 4.57 Å². The standard InChI is InChI=1S/C15H23ClN4O/c1-4-19(5-2)8-6-7-11(3)20-13-9-12(16)10-17-14(13)18-15(20)21/h9-11H,4-8H2,1-3H3,(H,17,18,21). The van der Waals surface area contributed by atoms with Gasteiger partial charge < -0.3 is 10.0 Å². The van der Waals surface area contributed by atoms with Gasteiger partial charge in [-0.2, -0.15) is 4.98 Å². The Labute approximate surface area is 130 Å². The summed E-state index contributed by atoms with van der Waals surface area (Å²) in [5.41, 5.74) is 1.32. The number of imidazole rings is 1. The van der Waals surface area contributed by atoms with E-state index in [2.05, 4.69) is 35.6 Å². The third kappa shape index (κ3) is 3.66. The molecule has 0 saturated carbocycles. The van der Waals surface area contributed by atoms with Gasteiger partial charge in [-0.3, -0.25) is 4.57 Å². The normalized spacial score (nSPS) is 13.2. The smallest absolute Gasteiger partial charge is 0.296 e. The van der Waals surface area contributed by atoms with Gasteiger partial charge in [0.05, 0.1) is 10.5 Å². The molecule has 2 heterocycles. The number of aromatic nitrogens is 3. The van der Waals surface area contributed by atoms with Gasteiger partial charge in [0.2, 0.25) is 0 Å². The van der Waals surface area contributed by atoms with Crippen molar-refractivity contribution in [2.24, 2.45) is 0 Å². The van der Waals surface area contributed by atoms with Crippen molar-refractivity contribution in [1.29, 1.82) is 0 Å². The Morgan fingerprint density at radius 2 is 2.10 bits per heavy atom. The van der Waals surface area contributed by atoms with Gasteiger partial charge in [-0.1, -0.05) is 25.4 Å². The first-order valence-corrected chi connectivity index (χ1v) is 7.89. The van der Waals surface area contributed by atoms with E-state index in [1.54, 1.807) is 12.3 Å². The molecule has 6 heteroatoms. The number of aromatic hydroxyl groups is 1. The molecule has 5 nitrogen and oxygen atoms in total. The van der Waals surface area contributed by atoms with Crippen molar-refractivity contribution >= 4 is 22.8 Å². The minimum atomic E-state index is 0.00936. The number of pyridine rings is 1. The summed E-state index contributed by atoms with van der Waals surface area (Å²) >= 11 is 6.00. The number of nitrogens with zero attached hydrogens (tertiary/aromatic N) is 4. The monoisotopic (exact) mass is 310 g/mol. The Morgan fingerprint density at radius 3 is 2.76 bits per heavy atom. The molecule has 0 fully saturated rings. The molecule has 1 unspecified atom stereocenters. The highest BCUT2D eigenvalue weighted by Gasteiger charge is 2.16. The fourth-order valence-corrected chi connectivity index (χ4v) is 2.81. The van der Waals surface area contributed by atoms with Crippen molar-refractivity contribution in [1.82, 2.24) is 19.4 Å². The Kier molecular flexibility index (Phi) is 5.42. The maximum atomic E-state index is 10.1. The Morgan fingerprint density at radius 1 is 1.38 bits per heavy atom. The molecule has 21 heavy (non-hydrogen) atoms. The third-order valence-corrected chi connectivity index (χ3v) is 4.13. The molecule has 0 bridgehead atoms. The lowest BCUT2D eigenvalue weighted by Gasteiger charge is -2.20. The van der Waals surface area contributed by atoms with Crippen molar-refractivity contribution in [3.63, 3.8) is 0 Å². The molecule has 1 N–H and O–H groups in total. The van der Waals surface area contributed by atoms with Crippen LogP contribution in [0.3, 0.4) is 0 Å². The Hall–Kier alpha value is -1.33. The molecule has 2 rings (SSSR count). The average molecular weight is 311 g/mol. The molecule has 2 aromatic heterocycles. The van der Waals surface area contributed by atoms with Crippen LogP contribution in [0.25, 0.3) is 11.2 Å². The molecule has 0 aromatic carbocycles. The maximum Gasteiger partial charge on any atom is 0.296 e. The highest BCUT2D eigenvalue weighted by Crippen LogP contribution is 2.28. The van der Waals surface area contributed by atoms with Crippen molar-refractivity contribution < 1.29 is 5.11 Å². The van der Waals surface area contributed by atoms with Crippen LogP contribution in [0.5, 0.6) is 6.01 Å². The molecule has 0 spiro atoms. The molecular weight excluding hydrogens is 288 g/mol. The number of hydrogen-bond acceptors (Lipinski definition) is 4. The lowest BCUT2D eigenvalue weighted by Crippen LogP contribution is -2.24. The fourth-order valence-electron chi connectivity index (χ4n) is 2.65. The molecule has 116 valence electrons. The summed E-state index contributed by atoms with van der Waals surface area (Å²) in [4.78, 5) is 10.6. The van der Waals surface area contributed by atoms with E-state index in [-0.39, 0.29) is 12.1 Å². The van der Waals surface area contributed by atoms with Gasteiger partial charge in [-0.15, -0.1) is 0 Å². The summed E-state index contributed by atoms with van der Waals surface area (Å²) in [5, 5.41) is 10.6. The van der Waals surface area contributed by atoms with Crippen molar-refractivity contribution in [2.45, 2.75) is 39.7 Å². The van der Waals surface area contributed by atoms with Gasteiger partial charge >= 0.3 is 0 Å². The van der Waals surface area contributed by atoms with Crippen LogP contribution in [-0.4, -0.2) is 44.2 Å². The lowest BCUT2D eigenvalue weighted by atomic mass is 10.1. The van der Waals surface area contributed by atoms with Crippen LogP contribution in [0.2, 0.25) is 5.02 Å². The van der Waals surface area contributed by atoms with Crippen LogP contribution in [0, 0.1) is 0 Å². The van der Waals surface area contributed by atoms with E-state index < -0.39 is 0 Å². The number of halogens is 1. The SMILES string of the molecule is CCN(CC)CCCC(C)n1c(O)nc2ncc(Cl)cc21. The molecule has 1 atom stereocenters. The molecule has 0 amide bonds. The van der Waals surface area contributed by atoms with Crippen LogP contribution in [0.1, 0.15) is 39.7 Å². The van der Waals surface area contributed by atoms with Crippen molar-refractivity contribution in [3.05, 3.63) is 17.3 Å². The van der Waals surface area contributed by atoms with Crippen molar-refractivity contribution in [3.8, 4) is 6.01 Å². The molecule has 0 aliphatic rings. The summed E-state index contributed by atoms with van der Waals surface area (Å²) < 4.78 is 1.82.